The molecule has 2 nitrogen and oxygen atoms in total. The van der Waals surface area contributed by atoms with Gasteiger partial charge in [0.2, 0.25) is 0 Å². The van der Waals surface area contributed by atoms with Crippen molar-refractivity contribution >= 4 is 23.5 Å². The predicted molar refractivity (Wildman–Crippen MR) is 124 cm³/mol. The third-order valence-electron chi connectivity index (χ3n) is 4.38. The molecule has 0 radical (unpaired) electrons. The van der Waals surface area contributed by atoms with E-state index in [0.717, 1.165) is 17.8 Å². The van der Waals surface area contributed by atoms with Crippen molar-refractivity contribution in [2.75, 3.05) is 7.05 Å². The molecule has 0 aliphatic carbocycles. The van der Waals surface area contributed by atoms with Crippen LogP contribution in [0, 0.1) is 0 Å². The molecular formula is C25H22N2S2. The maximum Gasteiger partial charge on any atom is 0.0716 e. The van der Waals surface area contributed by atoms with Crippen LogP contribution in [0.1, 0.15) is 5.56 Å². The molecule has 0 aliphatic rings. The van der Waals surface area contributed by atoms with Gasteiger partial charge in [-0.25, -0.2) is 0 Å². The van der Waals surface area contributed by atoms with Crippen LogP contribution >= 0.6 is 23.5 Å². The molecule has 1 aromatic heterocycles. The Morgan fingerprint density at radius 1 is 0.724 bits per heavy atom. The van der Waals surface area contributed by atoms with E-state index in [1.165, 1.54) is 25.1 Å². The Bertz CT molecular complexity index is 1070. The van der Waals surface area contributed by atoms with E-state index in [4.69, 9.17) is 0 Å². The summed E-state index contributed by atoms with van der Waals surface area (Å²) < 4.78 is 0. The Morgan fingerprint density at radius 2 is 1.41 bits per heavy atom. The third-order valence-corrected chi connectivity index (χ3v) is 6.45. The first kappa shape index (κ1) is 19.8. The van der Waals surface area contributed by atoms with E-state index in [1.807, 2.05) is 19.3 Å². The van der Waals surface area contributed by atoms with Crippen molar-refractivity contribution in [3.8, 4) is 11.3 Å². The van der Waals surface area contributed by atoms with Crippen molar-refractivity contribution in [1.29, 1.82) is 0 Å². The van der Waals surface area contributed by atoms with Crippen LogP contribution in [-0.2, 0) is 6.54 Å². The average Bonchev–Trinajstić information content (AvgIpc) is 2.76. The van der Waals surface area contributed by atoms with Crippen molar-refractivity contribution in [3.05, 3.63) is 103 Å². The van der Waals surface area contributed by atoms with E-state index in [9.17, 15) is 0 Å². The fourth-order valence-electron chi connectivity index (χ4n) is 3.04. The lowest BCUT2D eigenvalue weighted by atomic mass is 10.1. The lowest BCUT2D eigenvalue weighted by Crippen LogP contribution is -2.05. The van der Waals surface area contributed by atoms with Gasteiger partial charge < -0.3 is 5.32 Å². The zero-order valence-electron chi connectivity index (χ0n) is 16.2. The second kappa shape index (κ2) is 9.79. The Hall–Kier alpha value is -2.53. The second-order valence-electron chi connectivity index (χ2n) is 6.57. The highest BCUT2D eigenvalue weighted by molar-refractivity contribution is 8.00. The quantitative estimate of drug-likeness (QED) is 0.361. The molecule has 29 heavy (non-hydrogen) atoms. The molecule has 144 valence electrons. The molecule has 0 saturated heterocycles. The maximum absolute atomic E-state index is 4.66. The van der Waals surface area contributed by atoms with E-state index in [1.54, 1.807) is 23.5 Å². The normalized spacial score (nSPS) is 10.8. The predicted octanol–water partition coefficient (Wildman–Crippen LogP) is 6.77. The number of hydrogen-bond acceptors (Lipinski definition) is 4. The fraction of sp³-hybridized carbons (Fsp3) is 0.0800. The van der Waals surface area contributed by atoms with Gasteiger partial charge in [0.1, 0.15) is 0 Å². The van der Waals surface area contributed by atoms with E-state index in [-0.39, 0.29) is 0 Å². The molecule has 0 fully saturated rings. The first-order valence-electron chi connectivity index (χ1n) is 9.51. The Kier molecular flexibility index (Phi) is 6.67. The van der Waals surface area contributed by atoms with Gasteiger partial charge in [0.15, 0.2) is 0 Å². The maximum atomic E-state index is 4.66. The first-order chi connectivity index (χ1) is 14.3. The second-order valence-corrected chi connectivity index (χ2v) is 8.83. The Balaban J connectivity index is 1.72. The Morgan fingerprint density at radius 3 is 2.10 bits per heavy atom. The topological polar surface area (TPSA) is 24.9 Å². The highest BCUT2D eigenvalue weighted by Gasteiger charge is 2.11. The van der Waals surface area contributed by atoms with Gasteiger partial charge in [-0.2, -0.15) is 0 Å². The van der Waals surface area contributed by atoms with Crippen LogP contribution in [0.2, 0.25) is 0 Å². The highest BCUT2D eigenvalue weighted by atomic mass is 32.2. The molecule has 4 rings (SSSR count). The molecule has 0 amide bonds. The largest absolute Gasteiger partial charge is 0.316 e. The molecule has 0 bridgehead atoms. The fourth-order valence-corrected chi connectivity index (χ4v) is 5.01. The van der Waals surface area contributed by atoms with E-state index >= 15 is 0 Å². The summed E-state index contributed by atoms with van der Waals surface area (Å²) in [5, 5.41) is 3.22. The summed E-state index contributed by atoms with van der Waals surface area (Å²) in [5.74, 6) is 0. The lowest BCUT2D eigenvalue weighted by Gasteiger charge is -2.12. The lowest BCUT2D eigenvalue weighted by molar-refractivity contribution is 0.816. The molecule has 4 heteroatoms. The molecule has 0 unspecified atom stereocenters. The van der Waals surface area contributed by atoms with Crippen molar-refractivity contribution < 1.29 is 0 Å². The van der Waals surface area contributed by atoms with E-state index in [0.29, 0.717) is 0 Å². The number of nitrogens with one attached hydrogen (secondary N) is 1. The summed E-state index contributed by atoms with van der Waals surface area (Å²) in [5.41, 5.74) is 3.40. The number of pyridine rings is 1. The summed E-state index contributed by atoms with van der Waals surface area (Å²) in [6, 6.07) is 31.9. The van der Waals surface area contributed by atoms with Crippen molar-refractivity contribution in [1.82, 2.24) is 10.3 Å². The smallest absolute Gasteiger partial charge is 0.0716 e. The summed E-state index contributed by atoms with van der Waals surface area (Å²) in [7, 11) is 1.96. The van der Waals surface area contributed by atoms with Gasteiger partial charge in [0, 0.05) is 37.9 Å². The highest BCUT2D eigenvalue weighted by Crippen LogP contribution is 2.39. The summed E-state index contributed by atoms with van der Waals surface area (Å²) in [4.78, 5) is 9.57. The van der Waals surface area contributed by atoms with Gasteiger partial charge >= 0.3 is 0 Å². The molecule has 0 spiro atoms. The number of hydrogen-bond donors (Lipinski definition) is 1. The average molecular weight is 415 g/mol. The molecule has 0 saturated carbocycles. The number of aromatic nitrogens is 1. The van der Waals surface area contributed by atoms with Crippen LogP contribution in [0.25, 0.3) is 11.3 Å². The SMILES string of the molecule is CNCc1ccnc(-c2ccc(Sc3ccccc3)cc2Sc2ccccc2)c1. The molecular weight excluding hydrogens is 392 g/mol. The van der Waals surface area contributed by atoms with Gasteiger partial charge in [-0.3, -0.25) is 4.98 Å². The van der Waals surface area contributed by atoms with Crippen LogP contribution in [-0.4, -0.2) is 12.0 Å². The minimum atomic E-state index is 0.832. The zero-order chi connectivity index (χ0) is 19.9. The van der Waals surface area contributed by atoms with Crippen molar-refractivity contribution in [2.24, 2.45) is 0 Å². The number of rotatable bonds is 7. The molecule has 0 aliphatic heterocycles. The summed E-state index contributed by atoms with van der Waals surface area (Å²) in [6.07, 6.45) is 1.89. The van der Waals surface area contributed by atoms with E-state index < -0.39 is 0 Å². The van der Waals surface area contributed by atoms with Crippen LogP contribution in [0.4, 0.5) is 0 Å². The number of nitrogens with zero attached hydrogens (tertiary/aromatic N) is 1. The minimum Gasteiger partial charge on any atom is -0.316 e. The molecule has 1 N–H and O–H groups in total. The van der Waals surface area contributed by atoms with Gasteiger partial charge in [-0.15, -0.1) is 0 Å². The first-order valence-corrected chi connectivity index (χ1v) is 11.1. The van der Waals surface area contributed by atoms with Crippen molar-refractivity contribution in [2.45, 2.75) is 26.1 Å². The molecule has 1 heterocycles. The van der Waals surface area contributed by atoms with Gasteiger partial charge in [0.25, 0.3) is 0 Å². The van der Waals surface area contributed by atoms with Crippen LogP contribution in [0.15, 0.2) is 117 Å². The van der Waals surface area contributed by atoms with Gasteiger partial charge in [0.05, 0.1) is 5.69 Å². The molecule has 3 aromatic carbocycles. The van der Waals surface area contributed by atoms with Crippen molar-refractivity contribution in [3.63, 3.8) is 0 Å². The standard InChI is InChI=1S/C25H22N2S2/c1-26-18-19-14-15-27-24(16-19)23-13-12-22(28-20-8-4-2-5-9-20)17-25(23)29-21-10-6-3-7-11-21/h2-17,26H,18H2,1H3. The summed E-state index contributed by atoms with van der Waals surface area (Å²) >= 11 is 3.57. The third kappa shape index (κ3) is 5.30. The van der Waals surface area contributed by atoms with Crippen LogP contribution in [0.3, 0.4) is 0 Å². The minimum absolute atomic E-state index is 0.832. The number of benzene rings is 3. The monoisotopic (exact) mass is 414 g/mol. The van der Waals surface area contributed by atoms with Crippen LogP contribution in [0.5, 0.6) is 0 Å². The Labute approximate surface area is 180 Å². The van der Waals surface area contributed by atoms with Gasteiger partial charge in [-0.1, -0.05) is 66.0 Å². The van der Waals surface area contributed by atoms with Crippen LogP contribution < -0.4 is 5.32 Å². The van der Waals surface area contributed by atoms with Gasteiger partial charge in [-0.05, 0) is 61.1 Å². The summed E-state index contributed by atoms with van der Waals surface area (Å²) in [6.45, 7) is 0.832. The molecule has 4 aromatic rings. The van der Waals surface area contributed by atoms with E-state index in [2.05, 4.69) is 95.2 Å². The zero-order valence-corrected chi connectivity index (χ0v) is 17.8. The molecule has 0 atom stereocenters.